The van der Waals surface area contributed by atoms with Crippen LogP contribution in [0.2, 0.25) is 6.55 Å². The Hall–Kier alpha value is 0.487. The zero-order valence-electron chi connectivity index (χ0n) is 6.50. The third kappa shape index (κ3) is 1.26. The first kappa shape index (κ1) is 8.10. The molecular formula is C5H13O4PSi. The molecule has 3 heterocycles. The molecule has 0 amide bonds. The molecule has 3 aliphatic heterocycles. The average molecular weight is 196 g/mol. The molecule has 0 unspecified atom stereocenters. The topological polar surface area (TPSA) is 47.9 Å². The molecule has 6 heteroatoms. The van der Waals surface area contributed by atoms with Gasteiger partial charge in [0.15, 0.2) is 0 Å². The summed E-state index contributed by atoms with van der Waals surface area (Å²) in [5.74, 6) is 0. The van der Waals surface area contributed by atoms with Crippen molar-refractivity contribution in [2.75, 3.05) is 25.4 Å². The van der Waals surface area contributed by atoms with Crippen LogP contribution in [0, 0.1) is 0 Å². The van der Waals surface area contributed by atoms with Crippen LogP contribution in [0.3, 0.4) is 0 Å². The van der Waals surface area contributed by atoms with Crippen molar-refractivity contribution in [1.82, 2.24) is 0 Å². The summed E-state index contributed by atoms with van der Waals surface area (Å²) in [5, 5.41) is 9.09. The molecule has 11 heavy (non-hydrogen) atoms. The average Bonchev–Trinajstić information content (AvgIpc) is 2.07. The van der Waals surface area contributed by atoms with Gasteiger partial charge in [-0.1, -0.05) is 0 Å². The molecule has 0 atom stereocenters. The predicted molar refractivity (Wildman–Crippen MR) is 44.9 cm³/mol. The van der Waals surface area contributed by atoms with Gasteiger partial charge in [-0.15, -0.1) is 0 Å². The van der Waals surface area contributed by atoms with E-state index in [1.165, 1.54) is 0 Å². The molecule has 0 saturated carbocycles. The van der Waals surface area contributed by atoms with Crippen molar-refractivity contribution in [3.05, 3.63) is 0 Å². The molecular weight excluding hydrogens is 183 g/mol. The van der Waals surface area contributed by atoms with Gasteiger partial charge in [-0.2, -0.15) is 0 Å². The number of aliphatic hydroxyl groups is 1. The first-order valence-electron chi connectivity index (χ1n) is 3.71. The molecule has 3 rings (SSSR count). The van der Waals surface area contributed by atoms with E-state index < -0.39 is 16.1 Å². The third-order valence-corrected chi connectivity index (χ3v) is 8.07. The summed E-state index contributed by atoms with van der Waals surface area (Å²) in [6, 6.07) is 0. The van der Waals surface area contributed by atoms with Crippen molar-refractivity contribution >= 4 is 16.1 Å². The van der Waals surface area contributed by atoms with Gasteiger partial charge in [-0.25, -0.2) is 0 Å². The minimum absolute atomic E-state index is 0.220. The molecule has 3 saturated heterocycles. The van der Waals surface area contributed by atoms with Crippen molar-refractivity contribution in [2.24, 2.45) is 0 Å². The van der Waals surface area contributed by atoms with Crippen LogP contribution >= 0.6 is 7.26 Å². The zero-order chi connectivity index (χ0) is 7.95. The van der Waals surface area contributed by atoms with E-state index in [9.17, 15) is 0 Å². The molecule has 0 aromatic carbocycles. The van der Waals surface area contributed by atoms with E-state index >= 15 is 0 Å². The second kappa shape index (κ2) is 2.49. The first-order chi connectivity index (χ1) is 5.18. The fourth-order valence-corrected chi connectivity index (χ4v) is 8.83. The Kier molecular flexibility index (Phi) is 1.83. The molecule has 0 spiro atoms. The molecule has 3 aliphatic rings. The first-order valence-corrected chi connectivity index (χ1v) is 8.76. The molecule has 1 N–H and O–H groups in total. The maximum absolute atomic E-state index is 9.09. The van der Waals surface area contributed by atoms with E-state index in [0.29, 0.717) is 0 Å². The van der Waals surface area contributed by atoms with Crippen molar-refractivity contribution in [3.8, 4) is 0 Å². The van der Waals surface area contributed by atoms with E-state index in [0.717, 1.165) is 19.0 Å². The summed E-state index contributed by atoms with van der Waals surface area (Å²) in [4.78, 5) is 0. The van der Waals surface area contributed by atoms with E-state index in [1.807, 2.05) is 6.55 Å². The second-order valence-electron chi connectivity index (χ2n) is 3.39. The normalized spacial score (nSPS) is 43.8. The number of hydrogen-bond acceptors (Lipinski definition) is 4. The number of fused-ring (bicyclic) bond motifs is 3. The summed E-state index contributed by atoms with van der Waals surface area (Å²) in [6.45, 7) is 1.90. The summed E-state index contributed by atoms with van der Waals surface area (Å²) < 4.78 is 16.4. The van der Waals surface area contributed by atoms with Gasteiger partial charge in [0.2, 0.25) is 0 Å². The third-order valence-electron chi connectivity index (χ3n) is 2.26. The van der Waals surface area contributed by atoms with Crippen LogP contribution in [-0.4, -0.2) is 39.3 Å². The summed E-state index contributed by atoms with van der Waals surface area (Å²) in [7, 11) is -3.87. The molecule has 0 radical (unpaired) electrons. The van der Waals surface area contributed by atoms with Gasteiger partial charge >= 0.3 is 66.4 Å². The molecule has 2 bridgehead atoms. The van der Waals surface area contributed by atoms with Crippen LogP contribution in [0.5, 0.6) is 0 Å². The maximum atomic E-state index is 9.09. The van der Waals surface area contributed by atoms with E-state index in [1.54, 1.807) is 0 Å². The second-order valence-corrected chi connectivity index (χ2v) is 10.2. The number of aliphatic hydroxyl groups excluding tert-OH is 1. The van der Waals surface area contributed by atoms with E-state index in [-0.39, 0.29) is 6.35 Å². The Morgan fingerprint density at radius 1 is 1.27 bits per heavy atom. The molecule has 0 aromatic heterocycles. The molecule has 3 fully saturated rings. The van der Waals surface area contributed by atoms with Crippen molar-refractivity contribution in [2.45, 2.75) is 6.55 Å². The van der Waals surface area contributed by atoms with Gasteiger partial charge in [-0.3, -0.25) is 0 Å². The monoisotopic (exact) mass is 196 g/mol. The summed E-state index contributed by atoms with van der Waals surface area (Å²) >= 11 is 0. The molecule has 66 valence electrons. The van der Waals surface area contributed by atoms with Crippen LogP contribution < -0.4 is 0 Å². The Balaban J connectivity index is 2.12. The van der Waals surface area contributed by atoms with Gasteiger partial charge in [0.05, 0.1) is 0 Å². The number of rotatable bonds is 1. The fraction of sp³-hybridized carbons (Fsp3) is 1.00. The van der Waals surface area contributed by atoms with Crippen molar-refractivity contribution < 1.29 is 18.4 Å². The van der Waals surface area contributed by atoms with Crippen LogP contribution in [0.4, 0.5) is 0 Å². The molecule has 0 aliphatic carbocycles. The predicted octanol–water partition coefficient (Wildman–Crippen LogP) is 0.204. The van der Waals surface area contributed by atoms with Gasteiger partial charge in [0.25, 0.3) is 0 Å². The van der Waals surface area contributed by atoms with Crippen LogP contribution in [0.1, 0.15) is 0 Å². The van der Waals surface area contributed by atoms with Gasteiger partial charge < -0.3 is 0 Å². The Morgan fingerprint density at radius 2 is 1.73 bits per heavy atom. The van der Waals surface area contributed by atoms with E-state index in [4.69, 9.17) is 18.4 Å². The van der Waals surface area contributed by atoms with Gasteiger partial charge in [-0.05, 0) is 0 Å². The summed E-state index contributed by atoms with van der Waals surface area (Å²) in [5.41, 5.74) is 0. The molecule has 0 aromatic rings. The Morgan fingerprint density at radius 3 is 2.09 bits per heavy atom. The number of hydrogen-bond donors (Lipinski definition) is 1. The standard InChI is InChI=1S/C5H13O4PSi/c1-11-7-3-10(2-6,4-8-11)5-9-11/h6,10H,2-5H2,1H3. The van der Waals surface area contributed by atoms with Crippen molar-refractivity contribution in [3.63, 3.8) is 0 Å². The zero-order valence-corrected chi connectivity index (χ0v) is 8.50. The van der Waals surface area contributed by atoms with Crippen LogP contribution in [0.15, 0.2) is 0 Å². The quantitative estimate of drug-likeness (QED) is 0.481. The Labute approximate surface area is 67.2 Å². The van der Waals surface area contributed by atoms with Gasteiger partial charge in [0.1, 0.15) is 0 Å². The summed E-state index contributed by atoms with van der Waals surface area (Å²) in [6.07, 6.45) is 2.40. The van der Waals surface area contributed by atoms with E-state index in [2.05, 4.69) is 0 Å². The van der Waals surface area contributed by atoms with Crippen LogP contribution in [-0.2, 0) is 13.3 Å². The minimum atomic E-state index is -2.18. The van der Waals surface area contributed by atoms with Crippen LogP contribution in [0.25, 0.3) is 0 Å². The molecule has 4 nitrogen and oxygen atoms in total. The van der Waals surface area contributed by atoms with Crippen molar-refractivity contribution in [1.29, 1.82) is 0 Å². The Bertz CT molecular complexity index is 151. The fourth-order valence-electron chi connectivity index (χ4n) is 1.24. The van der Waals surface area contributed by atoms with Gasteiger partial charge in [0, 0.05) is 0 Å². The SMILES string of the molecule is C[Si]12OC[PH](CO)(CO1)CO2.